The van der Waals surface area contributed by atoms with E-state index in [4.69, 9.17) is 0 Å². The second-order valence-electron chi connectivity index (χ2n) is 7.36. The fourth-order valence-electron chi connectivity index (χ4n) is 3.62. The first-order valence-electron chi connectivity index (χ1n) is 10.3. The van der Waals surface area contributed by atoms with Crippen LogP contribution in [0.5, 0.6) is 0 Å². The predicted molar refractivity (Wildman–Crippen MR) is 102 cm³/mol. The van der Waals surface area contributed by atoms with Gasteiger partial charge in [-0.05, 0) is 43.3 Å². The van der Waals surface area contributed by atoms with E-state index in [0.29, 0.717) is 0 Å². The molecule has 3 heteroatoms. The number of hydrogen-bond donors (Lipinski definition) is 1. The summed E-state index contributed by atoms with van der Waals surface area (Å²) in [5.41, 5.74) is 0. The zero-order chi connectivity index (χ0) is 16.8. The average molecular weight is 345 g/mol. The minimum Gasteiger partial charge on any atom is -0.616 e. The Bertz CT molecular complexity index is 260. The summed E-state index contributed by atoms with van der Waals surface area (Å²) in [6.07, 6.45) is 19.9. The highest BCUT2D eigenvalue weighted by Gasteiger charge is 2.32. The lowest BCUT2D eigenvalue weighted by Gasteiger charge is -2.29. The van der Waals surface area contributed by atoms with Crippen molar-refractivity contribution in [2.75, 3.05) is 5.75 Å². The molecule has 0 saturated heterocycles. The third-order valence-corrected chi connectivity index (χ3v) is 7.12. The first-order valence-corrected chi connectivity index (χ1v) is 11.7. The molecule has 1 aliphatic rings. The van der Waals surface area contributed by atoms with Crippen molar-refractivity contribution in [2.45, 2.75) is 121 Å². The van der Waals surface area contributed by atoms with Gasteiger partial charge < -0.3 is 9.66 Å². The summed E-state index contributed by atoms with van der Waals surface area (Å²) in [6.45, 7) is 2.27. The van der Waals surface area contributed by atoms with E-state index in [2.05, 4.69) is 6.92 Å². The summed E-state index contributed by atoms with van der Waals surface area (Å²) < 4.78 is 12.2. The van der Waals surface area contributed by atoms with Crippen molar-refractivity contribution >= 4 is 11.2 Å². The average Bonchev–Trinajstić information content (AvgIpc) is 2.56. The molecule has 1 N–H and O–H groups in total. The molecule has 0 bridgehead atoms. The zero-order valence-corrected chi connectivity index (χ0v) is 16.3. The maximum absolute atomic E-state index is 12.2. The summed E-state index contributed by atoms with van der Waals surface area (Å²) in [5, 5.41) is 10.0. The molecule has 0 spiro atoms. The molecule has 1 fully saturated rings. The van der Waals surface area contributed by atoms with Gasteiger partial charge in [-0.25, -0.2) is 0 Å². The molecule has 3 atom stereocenters. The van der Waals surface area contributed by atoms with Gasteiger partial charge in [0.05, 0.1) is 0 Å². The van der Waals surface area contributed by atoms with Gasteiger partial charge in [0.15, 0.2) is 0 Å². The van der Waals surface area contributed by atoms with E-state index in [1.165, 1.54) is 70.6 Å². The van der Waals surface area contributed by atoms with Crippen LogP contribution in [0.25, 0.3) is 0 Å². The van der Waals surface area contributed by atoms with E-state index in [0.717, 1.165) is 37.9 Å². The second kappa shape index (κ2) is 14.6. The van der Waals surface area contributed by atoms with Crippen LogP contribution in [0.2, 0.25) is 0 Å². The smallest absolute Gasteiger partial charge is 0.141 e. The van der Waals surface area contributed by atoms with Crippen LogP contribution in [0.1, 0.15) is 110 Å². The third-order valence-electron chi connectivity index (χ3n) is 5.20. The molecule has 0 aromatic heterocycles. The maximum Gasteiger partial charge on any atom is 0.141 e. The van der Waals surface area contributed by atoms with Gasteiger partial charge in [-0.1, -0.05) is 77.6 Å². The number of rotatable bonds is 14. The fraction of sp³-hybridized carbons (Fsp3) is 1.00. The Balaban J connectivity index is 1.84. The normalized spacial score (nSPS) is 23.1. The largest absolute Gasteiger partial charge is 0.616 e. The molecule has 0 heterocycles. The van der Waals surface area contributed by atoms with Crippen molar-refractivity contribution in [1.82, 2.24) is 0 Å². The molecule has 23 heavy (non-hydrogen) atoms. The Labute approximate surface area is 148 Å². The first kappa shape index (κ1) is 21.3. The van der Waals surface area contributed by atoms with E-state index in [1.807, 2.05) is 0 Å². The molecular weight excluding hydrogens is 304 g/mol. The highest BCUT2D eigenvalue weighted by molar-refractivity contribution is 7.92. The molecule has 2 nitrogen and oxygen atoms in total. The lowest BCUT2D eigenvalue weighted by molar-refractivity contribution is 0.133. The zero-order valence-electron chi connectivity index (χ0n) is 15.4. The number of aliphatic hydroxyl groups is 1. The molecule has 1 aliphatic carbocycles. The highest BCUT2D eigenvalue weighted by atomic mass is 32.2. The van der Waals surface area contributed by atoms with Gasteiger partial charge in [0.1, 0.15) is 17.1 Å². The van der Waals surface area contributed by atoms with Crippen LogP contribution in [-0.2, 0) is 11.2 Å². The topological polar surface area (TPSA) is 43.3 Å². The van der Waals surface area contributed by atoms with Crippen LogP contribution in [0.4, 0.5) is 0 Å². The van der Waals surface area contributed by atoms with Crippen LogP contribution >= 0.6 is 0 Å². The highest BCUT2D eigenvalue weighted by Crippen LogP contribution is 2.25. The van der Waals surface area contributed by atoms with Gasteiger partial charge in [-0.15, -0.1) is 0 Å². The second-order valence-corrected chi connectivity index (χ2v) is 9.14. The number of hydrogen-bond acceptors (Lipinski definition) is 2. The summed E-state index contributed by atoms with van der Waals surface area (Å²) in [7, 11) is 0. The maximum atomic E-state index is 12.2. The van der Waals surface area contributed by atoms with Crippen LogP contribution in [0.15, 0.2) is 0 Å². The van der Waals surface area contributed by atoms with Crippen molar-refractivity contribution in [1.29, 1.82) is 0 Å². The molecule has 0 aromatic carbocycles. The summed E-state index contributed by atoms with van der Waals surface area (Å²) >= 11 is -0.801. The lowest BCUT2D eigenvalue weighted by atomic mass is 9.97. The van der Waals surface area contributed by atoms with Gasteiger partial charge in [0.25, 0.3) is 0 Å². The summed E-state index contributed by atoms with van der Waals surface area (Å²) in [5.74, 6) is 0.805. The fourth-order valence-corrected chi connectivity index (χ4v) is 5.33. The van der Waals surface area contributed by atoms with Gasteiger partial charge in [-0.3, -0.25) is 0 Å². The Morgan fingerprint density at radius 3 is 1.78 bits per heavy atom. The van der Waals surface area contributed by atoms with E-state index in [1.54, 1.807) is 0 Å². The van der Waals surface area contributed by atoms with Gasteiger partial charge >= 0.3 is 0 Å². The molecule has 1 saturated carbocycles. The number of aliphatic hydroxyl groups excluding tert-OH is 1. The van der Waals surface area contributed by atoms with Gasteiger partial charge in [0.2, 0.25) is 0 Å². The molecular formula is C20H40O2S. The molecule has 0 amide bonds. The first-order chi connectivity index (χ1) is 11.3. The Morgan fingerprint density at radius 1 is 0.783 bits per heavy atom. The molecule has 0 aliphatic heterocycles. The Kier molecular flexibility index (Phi) is 13.5. The van der Waals surface area contributed by atoms with Crippen molar-refractivity contribution in [3.63, 3.8) is 0 Å². The standard InChI is InChI=1S/C20H40O2S/c1-2-3-4-5-6-7-8-9-10-11-12-15-18-23(22)20-17-14-13-16-19(20)21/h19-21H,2-18H2,1H3/t19?,20-,23+/m0/s1. The molecule has 1 rings (SSSR count). The quantitative estimate of drug-likeness (QED) is 0.322. The Hall–Kier alpha value is 0.270. The summed E-state index contributed by atoms with van der Waals surface area (Å²) in [6, 6.07) is 0. The monoisotopic (exact) mass is 344 g/mol. The van der Waals surface area contributed by atoms with Crippen molar-refractivity contribution in [2.24, 2.45) is 0 Å². The molecule has 138 valence electrons. The SMILES string of the molecule is CCCCCCCCCCCCCC[S@@+]([O-])[C@H]1CCCCC1O. The van der Waals surface area contributed by atoms with E-state index >= 15 is 0 Å². The van der Waals surface area contributed by atoms with E-state index in [-0.39, 0.29) is 11.4 Å². The van der Waals surface area contributed by atoms with Crippen molar-refractivity contribution < 1.29 is 9.66 Å². The Morgan fingerprint density at radius 2 is 1.26 bits per heavy atom. The number of unbranched alkanes of at least 4 members (excludes halogenated alkanes) is 11. The summed E-state index contributed by atoms with van der Waals surface area (Å²) in [4.78, 5) is 0. The van der Waals surface area contributed by atoms with E-state index in [9.17, 15) is 9.66 Å². The van der Waals surface area contributed by atoms with Crippen molar-refractivity contribution in [3.05, 3.63) is 0 Å². The minimum absolute atomic E-state index is 0.0662. The third kappa shape index (κ3) is 10.7. The van der Waals surface area contributed by atoms with Crippen LogP contribution < -0.4 is 0 Å². The minimum atomic E-state index is -0.801. The van der Waals surface area contributed by atoms with Crippen LogP contribution in [0, 0.1) is 0 Å². The van der Waals surface area contributed by atoms with Gasteiger partial charge in [-0.2, -0.15) is 0 Å². The molecule has 1 unspecified atom stereocenters. The predicted octanol–water partition coefficient (Wildman–Crippen LogP) is 5.74. The molecule has 0 radical (unpaired) electrons. The molecule has 0 aromatic rings. The lowest BCUT2D eigenvalue weighted by Crippen LogP contribution is -2.38. The van der Waals surface area contributed by atoms with Crippen molar-refractivity contribution in [3.8, 4) is 0 Å². The van der Waals surface area contributed by atoms with Gasteiger partial charge in [0, 0.05) is 0 Å². The van der Waals surface area contributed by atoms with Crippen LogP contribution in [0.3, 0.4) is 0 Å². The van der Waals surface area contributed by atoms with E-state index < -0.39 is 11.2 Å². The van der Waals surface area contributed by atoms with Crippen LogP contribution in [-0.4, -0.2) is 26.8 Å².